The molecule has 0 unspecified atom stereocenters. The number of hydrogen-bond donors (Lipinski definition) is 1. The second kappa shape index (κ2) is 3.90. The first-order chi connectivity index (χ1) is 6.38. The van der Waals surface area contributed by atoms with Gasteiger partial charge in [-0.25, -0.2) is 0 Å². The van der Waals surface area contributed by atoms with Gasteiger partial charge in [0.15, 0.2) is 0 Å². The van der Waals surface area contributed by atoms with Gasteiger partial charge in [-0.05, 0) is 29.0 Å². The first-order valence-electron chi connectivity index (χ1n) is 3.91. The van der Waals surface area contributed by atoms with E-state index in [0.717, 1.165) is 16.3 Å². The van der Waals surface area contributed by atoms with Gasteiger partial charge in [0.1, 0.15) is 0 Å². The van der Waals surface area contributed by atoms with Crippen LogP contribution in [0.1, 0.15) is 5.56 Å². The monoisotopic (exact) mass is 209 g/mol. The lowest BCUT2D eigenvalue weighted by Gasteiger charge is -2.13. The summed E-state index contributed by atoms with van der Waals surface area (Å²) in [5.41, 5.74) is 2.10. The zero-order chi connectivity index (χ0) is 9.10. The minimum Gasteiger partial charge on any atom is -0.324 e. The van der Waals surface area contributed by atoms with Crippen molar-refractivity contribution in [1.82, 2.24) is 4.72 Å². The normalized spacial score (nSPS) is 15.8. The summed E-state index contributed by atoms with van der Waals surface area (Å²) in [7, 11) is 0. The Morgan fingerprint density at radius 2 is 1.92 bits per heavy atom. The predicted octanol–water partition coefficient (Wildman–Crippen LogP) is 3.36. The highest BCUT2D eigenvalue weighted by molar-refractivity contribution is 8.00. The summed E-state index contributed by atoms with van der Waals surface area (Å²) in [5.74, 6) is 0. The highest BCUT2D eigenvalue weighted by Gasteiger charge is 2.07. The van der Waals surface area contributed by atoms with E-state index in [0.29, 0.717) is 0 Å². The van der Waals surface area contributed by atoms with E-state index in [1.807, 2.05) is 41.8 Å². The Labute approximate surface area is 86.6 Å². The summed E-state index contributed by atoms with van der Waals surface area (Å²) in [6.07, 6.45) is 1.89. The Balaban J connectivity index is 2.41. The molecule has 1 aliphatic rings. The molecule has 0 radical (unpaired) electrons. The Morgan fingerprint density at radius 3 is 2.62 bits per heavy atom. The molecule has 0 bridgehead atoms. The molecule has 0 spiro atoms. The summed E-state index contributed by atoms with van der Waals surface area (Å²) in [6, 6.07) is 10.0. The molecule has 1 aromatic carbocycles. The lowest BCUT2D eigenvalue weighted by molar-refractivity contribution is 1.39. The molecule has 0 atom stereocenters. The van der Waals surface area contributed by atoms with Crippen LogP contribution in [0.15, 0.2) is 46.8 Å². The SMILES string of the molecule is ClC1=C(c2ccccc2)NSC=C1. The smallest absolute Gasteiger partial charge is 0.0704 e. The van der Waals surface area contributed by atoms with Crippen LogP contribution in [0, 0.1) is 0 Å². The van der Waals surface area contributed by atoms with Crippen molar-refractivity contribution in [3.63, 3.8) is 0 Å². The molecule has 1 heterocycles. The summed E-state index contributed by atoms with van der Waals surface area (Å²) >= 11 is 7.56. The van der Waals surface area contributed by atoms with E-state index in [1.54, 1.807) is 0 Å². The number of hydrogen-bond acceptors (Lipinski definition) is 2. The summed E-state index contributed by atoms with van der Waals surface area (Å²) in [4.78, 5) is 0. The largest absolute Gasteiger partial charge is 0.324 e. The molecule has 0 saturated heterocycles. The van der Waals surface area contributed by atoms with Crippen LogP contribution in [0.2, 0.25) is 0 Å². The maximum atomic E-state index is 6.03. The summed E-state index contributed by atoms with van der Waals surface area (Å²) < 4.78 is 3.16. The minimum absolute atomic E-state index is 0.755. The van der Waals surface area contributed by atoms with E-state index in [2.05, 4.69) is 4.72 Å². The van der Waals surface area contributed by atoms with Crippen molar-refractivity contribution in [2.75, 3.05) is 0 Å². The number of nitrogens with one attached hydrogen (secondary N) is 1. The molecule has 0 amide bonds. The third-order valence-electron chi connectivity index (χ3n) is 1.74. The second-order valence-corrected chi connectivity index (χ2v) is 3.73. The maximum absolute atomic E-state index is 6.03. The van der Waals surface area contributed by atoms with Gasteiger partial charge in [0, 0.05) is 0 Å². The second-order valence-electron chi connectivity index (χ2n) is 2.61. The molecule has 0 fully saturated rings. The molecule has 0 aliphatic carbocycles. The number of rotatable bonds is 1. The van der Waals surface area contributed by atoms with Crippen LogP contribution in [-0.4, -0.2) is 0 Å². The van der Waals surface area contributed by atoms with Crippen molar-refractivity contribution in [3.8, 4) is 0 Å². The molecule has 2 rings (SSSR count). The molecule has 0 aromatic heterocycles. The topological polar surface area (TPSA) is 12.0 Å². The van der Waals surface area contributed by atoms with Crippen LogP contribution < -0.4 is 4.72 Å². The third-order valence-corrected chi connectivity index (χ3v) is 2.65. The average molecular weight is 210 g/mol. The minimum atomic E-state index is 0.755. The fraction of sp³-hybridized carbons (Fsp3) is 0. The molecule has 1 nitrogen and oxygen atoms in total. The van der Waals surface area contributed by atoms with E-state index in [-0.39, 0.29) is 0 Å². The molecule has 0 saturated carbocycles. The fourth-order valence-corrected chi connectivity index (χ4v) is 2.09. The van der Waals surface area contributed by atoms with Crippen molar-refractivity contribution < 1.29 is 0 Å². The zero-order valence-corrected chi connectivity index (χ0v) is 8.40. The number of allylic oxidation sites excluding steroid dienone is 2. The van der Waals surface area contributed by atoms with E-state index in [9.17, 15) is 0 Å². The van der Waals surface area contributed by atoms with Crippen LogP contribution in [0.3, 0.4) is 0 Å². The van der Waals surface area contributed by atoms with Crippen molar-refractivity contribution >= 4 is 29.2 Å². The van der Waals surface area contributed by atoms with E-state index in [1.165, 1.54) is 11.9 Å². The third kappa shape index (κ3) is 1.90. The molecule has 1 aromatic rings. The summed E-state index contributed by atoms with van der Waals surface area (Å²) in [6.45, 7) is 0. The van der Waals surface area contributed by atoms with Gasteiger partial charge >= 0.3 is 0 Å². The quantitative estimate of drug-likeness (QED) is 0.712. The molecule has 3 heteroatoms. The maximum Gasteiger partial charge on any atom is 0.0704 e. The molecular weight excluding hydrogens is 202 g/mol. The fourth-order valence-electron chi connectivity index (χ4n) is 1.12. The van der Waals surface area contributed by atoms with Crippen LogP contribution in [0.25, 0.3) is 5.70 Å². The zero-order valence-electron chi connectivity index (χ0n) is 6.83. The Kier molecular flexibility index (Phi) is 2.62. The van der Waals surface area contributed by atoms with Gasteiger partial charge < -0.3 is 4.72 Å². The van der Waals surface area contributed by atoms with Crippen LogP contribution >= 0.6 is 23.5 Å². The van der Waals surface area contributed by atoms with Crippen LogP contribution in [0.5, 0.6) is 0 Å². The lowest BCUT2D eigenvalue weighted by atomic mass is 10.1. The van der Waals surface area contributed by atoms with E-state index >= 15 is 0 Å². The van der Waals surface area contributed by atoms with Gasteiger partial charge in [0.25, 0.3) is 0 Å². The highest BCUT2D eigenvalue weighted by Crippen LogP contribution is 2.26. The van der Waals surface area contributed by atoms with Crippen molar-refractivity contribution in [3.05, 3.63) is 52.4 Å². The predicted molar refractivity (Wildman–Crippen MR) is 59.1 cm³/mol. The van der Waals surface area contributed by atoms with E-state index < -0.39 is 0 Å². The molecule has 66 valence electrons. The first-order valence-corrected chi connectivity index (χ1v) is 5.17. The Bertz CT molecular complexity index is 356. The van der Waals surface area contributed by atoms with Crippen molar-refractivity contribution in [2.24, 2.45) is 0 Å². The Hall–Kier alpha value is -0.860. The summed E-state index contributed by atoms with van der Waals surface area (Å²) in [5, 5.41) is 2.68. The molecule has 13 heavy (non-hydrogen) atoms. The lowest BCUT2D eigenvalue weighted by Crippen LogP contribution is -2.05. The van der Waals surface area contributed by atoms with Gasteiger partial charge in [0.05, 0.1) is 10.7 Å². The number of benzene rings is 1. The number of halogens is 1. The average Bonchev–Trinajstić information content (AvgIpc) is 2.20. The van der Waals surface area contributed by atoms with Crippen LogP contribution in [-0.2, 0) is 0 Å². The van der Waals surface area contributed by atoms with Crippen molar-refractivity contribution in [1.29, 1.82) is 0 Å². The van der Waals surface area contributed by atoms with Gasteiger partial charge in [-0.2, -0.15) is 0 Å². The molecule has 1 aliphatic heterocycles. The first kappa shape index (κ1) is 8.73. The van der Waals surface area contributed by atoms with E-state index in [4.69, 9.17) is 11.6 Å². The van der Waals surface area contributed by atoms with Crippen molar-refractivity contribution in [2.45, 2.75) is 0 Å². The van der Waals surface area contributed by atoms with Gasteiger partial charge in [-0.1, -0.05) is 41.9 Å². The highest BCUT2D eigenvalue weighted by atomic mass is 35.5. The molecular formula is C10H8ClNS. The Morgan fingerprint density at radius 1 is 1.15 bits per heavy atom. The van der Waals surface area contributed by atoms with Crippen LogP contribution in [0.4, 0.5) is 0 Å². The van der Waals surface area contributed by atoms with Gasteiger partial charge in [-0.3, -0.25) is 0 Å². The standard InChI is InChI=1S/C10H8ClNS/c11-9-6-7-13-12-10(9)8-4-2-1-3-5-8/h1-7,12H. The van der Waals surface area contributed by atoms with Gasteiger partial charge in [-0.15, -0.1) is 0 Å². The van der Waals surface area contributed by atoms with Gasteiger partial charge in [0.2, 0.25) is 0 Å². The molecule has 1 N–H and O–H groups in total.